The molecule has 0 aromatic heterocycles. The molecule has 5 nitrogen and oxygen atoms in total. The van der Waals surface area contributed by atoms with Gasteiger partial charge in [-0.3, -0.25) is 0 Å². The SMILES string of the molecule is CC(C)(C)c1ccc(OC(C)(C)C(C)(C)O)cc1.OB(O)O. The summed E-state index contributed by atoms with van der Waals surface area (Å²) in [5.41, 5.74) is -0.105. The molecule has 0 aliphatic rings. The van der Waals surface area contributed by atoms with Crippen LogP contribution in [-0.2, 0) is 5.41 Å². The Balaban J connectivity index is 0.000000980. The summed E-state index contributed by atoms with van der Waals surface area (Å²) in [5, 5.41) is 31.6. The zero-order valence-electron chi connectivity index (χ0n) is 14.6. The van der Waals surface area contributed by atoms with Gasteiger partial charge in [0.15, 0.2) is 0 Å². The molecule has 0 aliphatic carbocycles. The summed E-state index contributed by atoms with van der Waals surface area (Å²) < 4.78 is 5.88. The molecule has 6 heteroatoms. The molecule has 126 valence electrons. The molecular formula is C16H29BO5. The monoisotopic (exact) mass is 312 g/mol. The smallest absolute Gasteiger partial charge is 0.485 e. The summed E-state index contributed by atoms with van der Waals surface area (Å²) >= 11 is 0. The Morgan fingerprint density at radius 2 is 1.18 bits per heavy atom. The van der Waals surface area contributed by atoms with E-state index in [1.54, 1.807) is 13.8 Å². The molecule has 0 radical (unpaired) electrons. The van der Waals surface area contributed by atoms with E-state index in [1.807, 2.05) is 26.0 Å². The number of hydrogen-bond donors (Lipinski definition) is 4. The molecule has 0 saturated carbocycles. The van der Waals surface area contributed by atoms with Crippen molar-refractivity contribution in [1.82, 2.24) is 0 Å². The van der Waals surface area contributed by atoms with Crippen molar-refractivity contribution >= 4 is 7.32 Å². The molecule has 0 fully saturated rings. The quantitative estimate of drug-likeness (QED) is 0.640. The van der Waals surface area contributed by atoms with Crippen LogP contribution in [0.3, 0.4) is 0 Å². The van der Waals surface area contributed by atoms with Crippen LogP contribution >= 0.6 is 0 Å². The van der Waals surface area contributed by atoms with Crippen LogP contribution in [0.15, 0.2) is 24.3 Å². The average Bonchev–Trinajstić information content (AvgIpc) is 2.25. The molecule has 0 saturated heterocycles. The van der Waals surface area contributed by atoms with Crippen LogP contribution in [0.1, 0.15) is 54.0 Å². The minimum atomic E-state index is -2.17. The fourth-order valence-electron chi connectivity index (χ4n) is 1.44. The van der Waals surface area contributed by atoms with E-state index in [2.05, 4.69) is 32.9 Å². The van der Waals surface area contributed by atoms with Crippen molar-refractivity contribution < 1.29 is 24.9 Å². The van der Waals surface area contributed by atoms with Crippen LogP contribution in [0.4, 0.5) is 0 Å². The largest absolute Gasteiger partial charge is 0.631 e. The molecule has 0 bridgehead atoms. The van der Waals surface area contributed by atoms with E-state index in [9.17, 15) is 5.11 Å². The predicted molar refractivity (Wildman–Crippen MR) is 88.6 cm³/mol. The number of hydrogen-bond acceptors (Lipinski definition) is 5. The topological polar surface area (TPSA) is 90.2 Å². The summed E-state index contributed by atoms with van der Waals surface area (Å²) in [6, 6.07) is 8.09. The van der Waals surface area contributed by atoms with Gasteiger partial charge in [-0.1, -0.05) is 32.9 Å². The van der Waals surface area contributed by atoms with Gasteiger partial charge >= 0.3 is 7.32 Å². The molecule has 22 heavy (non-hydrogen) atoms. The van der Waals surface area contributed by atoms with E-state index in [0.29, 0.717) is 0 Å². The molecule has 0 spiro atoms. The number of rotatable bonds is 3. The van der Waals surface area contributed by atoms with Gasteiger partial charge in [0.2, 0.25) is 0 Å². The highest BCUT2D eigenvalue weighted by Crippen LogP contribution is 2.29. The van der Waals surface area contributed by atoms with Gasteiger partial charge in [-0.2, -0.15) is 0 Å². The summed E-state index contributed by atoms with van der Waals surface area (Å²) in [6.45, 7) is 13.9. The fourth-order valence-corrected chi connectivity index (χ4v) is 1.44. The summed E-state index contributed by atoms with van der Waals surface area (Å²) in [7, 11) is -2.17. The molecule has 1 aromatic rings. The van der Waals surface area contributed by atoms with Crippen molar-refractivity contribution in [2.24, 2.45) is 0 Å². The first-order chi connectivity index (χ1) is 9.67. The Hall–Kier alpha value is -1.08. The minimum Gasteiger partial charge on any atom is -0.485 e. The molecule has 0 atom stereocenters. The van der Waals surface area contributed by atoms with Crippen LogP contribution in [0.25, 0.3) is 0 Å². The standard InChI is InChI=1S/C16H26O2.BH3O3/c1-14(2,3)12-8-10-13(11-9-12)18-16(6,7)15(4,5)17;2-1(3)4/h8-11,17H,1-7H3;2-4H. The molecular weight excluding hydrogens is 283 g/mol. The molecule has 1 rings (SSSR count). The van der Waals surface area contributed by atoms with Gasteiger partial charge in [0.1, 0.15) is 11.4 Å². The lowest BCUT2D eigenvalue weighted by atomic mass is 9.87. The van der Waals surface area contributed by atoms with Crippen LogP contribution < -0.4 is 4.74 Å². The van der Waals surface area contributed by atoms with E-state index in [4.69, 9.17) is 19.8 Å². The Kier molecular flexibility index (Phi) is 7.10. The van der Waals surface area contributed by atoms with Gasteiger partial charge in [0.25, 0.3) is 0 Å². The molecule has 4 N–H and O–H groups in total. The average molecular weight is 312 g/mol. The molecule has 0 amide bonds. The van der Waals surface area contributed by atoms with E-state index in [0.717, 1.165) is 5.75 Å². The van der Waals surface area contributed by atoms with Gasteiger partial charge in [-0.05, 0) is 50.8 Å². The van der Waals surface area contributed by atoms with Crippen LogP contribution in [0.5, 0.6) is 5.75 Å². The third-order valence-electron chi connectivity index (χ3n) is 3.57. The maximum Gasteiger partial charge on any atom is 0.631 e. The number of aliphatic hydroxyl groups is 1. The summed E-state index contributed by atoms with van der Waals surface area (Å²) in [4.78, 5) is 0. The minimum absolute atomic E-state index is 0.143. The maximum absolute atomic E-state index is 10.1. The third-order valence-corrected chi connectivity index (χ3v) is 3.57. The van der Waals surface area contributed by atoms with E-state index >= 15 is 0 Å². The first-order valence-corrected chi connectivity index (χ1v) is 7.23. The van der Waals surface area contributed by atoms with Crippen molar-refractivity contribution in [3.63, 3.8) is 0 Å². The molecule has 0 heterocycles. The molecule has 1 aromatic carbocycles. The van der Waals surface area contributed by atoms with E-state index < -0.39 is 18.5 Å². The van der Waals surface area contributed by atoms with Crippen LogP contribution in [0, 0.1) is 0 Å². The highest BCUT2D eigenvalue weighted by atomic mass is 16.5. The number of ether oxygens (including phenoxy) is 1. The zero-order valence-corrected chi connectivity index (χ0v) is 14.6. The molecule has 0 aliphatic heterocycles. The highest BCUT2D eigenvalue weighted by molar-refractivity contribution is 6.30. The van der Waals surface area contributed by atoms with Gasteiger partial charge in [0, 0.05) is 0 Å². The summed E-state index contributed by atoms with van der Waals surface area (Å²) in [5.74, 6) is 0.787. The highest BCUT2D eigenvalue weighted by Gasteiger charge is 2.37. The second-order valence-electron chi connectivity index (χ2n) is 7.29. The first kappa shape index (κ1) is 20.9. The van der Waals surface area contributed by atoms with Gasteiger partial charge in [-0.25, -0.2) is 0 Å². The maximum atomic E-state index is 10.1. The Labute approximate surface area is 133 Å². The van der Waals surface area contributed by atoms with E-state index in [1.165, 1.54) is 5.56 Å². The van der Waals surface area contributed by atoms with Crippen molar-refractivity contribution in [2.75, 3.05) is 0 Å². The fraction of sp³-hybridized carbons (Fsp3) is 0.625. The van der Waals surface area contributed by atoms with Crippen molar-refractivity contribution in [3.05, 3.63) is 29.8 Å². The van der Waals surface area contributed by atoms with Gasteiger partial charge in [0.05, 0.1) is 5.60 Å². The lowest BCUT2D eigenvalue weighted by Crippen LogP contribution is -2.49. The lowest BCUT2D eigenvalue weighted by molar-refractivity contribution is -0.0906. The van der Waals surface area contributed by atoms with Crippen molar-refractivity contribution in [3.8, 4) is 5.75 Å². The van der Waals surface area contributed by atoms with Crippen LogP contribution in [0.2, 0.25) is 0 Å². The Morgan fingerprint density at radius 3 is 1.45 bits per heavy atom. The first-order valence-electron chi connectivity index (χ1n) is 7.23. The predicted octanol–water partition coefficient (Wildman–Crippen LogP) is 1.86. The lowest BCUT2D eigenvalue weighted by Gasteiger charge is -2.37. The van der Waals surface area contributed by atoms with Crippen molar-refractivity contribution in [2.45, 2.75) is 65.1 Å². The number of benzene rings is 1. The second-order valence-corrected chi connectivity index (χ2v) is 7.29. The Bertz CT molecular complexity index is 438. The van der Waals surface area contributed by atoms with Gasteiger partial charge < -0.3 is 24.9 Å². The van der Waals surface area contributed by atoms with E-state index in [-0.39, 0.29) is 5.41 Å². The zero-order chi connectivity index (χ0) is 17.8. The normalized spacial score (nSPS) is 12.3. The summed E-state index contributed by atoms with van der Waals surface area (Å²) in [6.07, 6.45) is 0. The van der Waals surface area contributed by atoms with Crippen LogP contribution in [-0.4, -0.2) is 38.7 Å². The second kappa shape index (κ2) is 7.46. The third kappa shape index (κ3) is 7.27. The van der Waals surface area contributed by atoms with Crippen molar-refractivity contribution in [1.29, 1.82) is 0 Å². The van der Waals surface area contributed by atoms with Gasteiger partial charge in [-0.15, -0.1) is 0 Å². The Morgan fingerprint density at radius 1 is 0.818 bits per heavy atom. The molecule has 0 unspecified atom stereocenters.